The van der Waals surface area contributed by atoms with Gasteiger partial charge in [0.2, 0.25) is 5.91 Å². The zero-order chi connectivity index (χ0) is 19.6. The number of carbonyl (C=O) groups is 3. The van der Waals surface area contributed by atoms with Crippen LogP contribution < -0.4 is 26.8 Å². The normalized spacial score (nSPS) is 9.81. The van der Waals surface area contributed by atoms with Gasteiger partial charge < -0.3 is 20.4 Å². The lowest BCUT2D eigenvalue weighted by Crippen LogP contribution is -2.48. The second kappa shape index (κ2) is 10.1. The van der Waals surface area contributed by atoms with Gasteiger partial charge in [0, 0.05) is 10.7 Å². The van der Waals surface area contributed by atoms with Crippen molar-refractivity contribution in [2.45, 2.75) is 0 Å². The first-order chi connectivity index (χ1) is 12.9. The third-order valence-electron chi connectivity index (χ3n) is 3.00. The van der Waals surface area contributed by atoms with E-state index in [1.807, 2.05) is 0 Å². The minimum atomic E-state index is -0.537. The monoisotopic (exact) mass is 409 g/mol. The summed E-state index contributed by atoms with van der Waals surface area (Å²) in [7, 11) is 0. The molecule has 5 N–H and O–H groups in total. The number of thiocarbonyl (C=S) groups is 1. The second-order valence-electron chi connectivity index (χ2n) is 5.07. The summed E-state index contributed by atoms with van der Waals surface area (Å²) in [6, 6.07) is 9.88. The Labute approximate surface area is 164 Å². The molecule has 1 aromatic heterocycles. The third-order valence-corrected chi connectivity index (χ3v) is 3.44. The molecule has 3 amide bonds. The van der Waals surface area contributed by atoms with Crippen LogP contribution >= 0.6 is 23.8 Å². The van der Waals surface area contributed by atoms with E-state index in [0.717, 1.165) is 0 Å². The van der Waals surface area contributed by atoms with Crippen molar-refractivity contribution < 1.29 is 18.8 Å². The maximum Gasteiger partial charge on any atom is 0.287 e. The maximum absolute atomic E-state index is 11.7. The summed E-state index contributed by atoms with van der Waals surface area (Å²) in [5, 5.41) is 8.21. The number of anilines is 1. The lowest BCUT2D eigenvalue weighted by Gasteiger charge is -2.12. The molecule has 0 bridgehead atoms. The number of rotatable bonds is 6. The quantitative estimate of drug-likeness (QED) is 0.353. The Balaban J connectivity index is 1.61. The lowest BCUT2D eigenvalue weighted by molar-refractivity contribution is -0.125. The van der Waals surface area contributed by atoms with Crippen LogP contribution in [0.3, 0.4) is 0 Å². The fourth-order valence-electron chi connectivity index (χ4n) is 1.80. The zero-order valence-corrected chi connectivity index (χ0v) is 15.4. The Bertz CT molecular complexity index is 828. The van der Waals surface area contributed by atoms with Crippen molar-refractivity contribution in [3.05, 3.63) is 53.4 Å². The van der Waals surface area contributed by atoms with Crippen LogP contribution in [0.1, 0.15) is 10.6 Å². The second-order valence-corrected chi connectivity index (χ2v) is 5.92. The van der Waals surface area contributed by atoms with Gasteiger partial charge in [-0.2, -0.15) is 0 Å². The van der Waals surface area contributed by atoms with E-state index in [-0.39, 0.29) is 24.0 Å². The minimum Gasteiger partial charge on any atom is -0.459 e. The van der Waals surface area contributed by atoms with Crippen LogP contribution in [0.2, 0.25) is 5.02 Å². The van der Waals surface area contributed by atoms with Crippen molar-refractivity contribution in [3.8, 4) is 0 Å². The largest absolute Gasteiger partial charge is 0.459 e. The van der Waals surface area contributed by atoms with Crippen LogP contribution in [0.4, 0.5) is 5.69 Å². The van der Waals surface area contributed by atoms with E-state index in [1.165, 1.54) is 12.3 Å². The van der Waals surface area contributed by atoms with E-state index in [4.69, 9.17) is 28.2 Å². The highest BCUT2D eigenvalue weighted by Crippen LogP contribution is 2.14. The minimum absolute atomic E-state index is 0.0884. The molecule has 0 saturated heterocycles. The molecule has 2 aromatic rings. The molecular weight excluding hydrogens is 394 g/mol. The van der Waals surface area contributed by atoms with Crippen LogP contribution in [0, 0.1) is 0 Å². The number of furan rings is 1. The molecule has 9 nitrogen and oxygen atoms in total. The molecule has 0 fully saturated rings. The van der Waals surface area contributed by atoms with Crippen molar-refractivity contribution in [2.75, 3.05) is 18.4 Å². The first kappa shape index (κ1) is 20.2. The lowest BCUT2D eigenvalue weighted by atomic mass is 10.3. The SMILES string of the molecule is O=C(CNC(=O)c1ccco1)NCC(=O)NNC(=S)Nc1cccc(Cl)c1. The van der Waals surface area contributed by atoms with Gasteiger partial charge in [-0.15, -0.1) is 0 Å². The molecule has 0 atom stereocenters. The van der Waals surface area contributed by atoms with Crippen molar-refractivity contribution >= 4 is 52.3 Å². The predicted octanol–water partition coefficient (Wildman–Crippen LogP) is 0.797. The molecule has 27 heavy (non-hydrogen) atoms. The van der Waals surface area contributed by atoms with Crippen molar-refractivity contribution in [1.82, 2.24) is 21.5 Å². The molecule has 1 heterocycles. The Hall–Kier alpha value is -3.11. The van der Waals surface area contributed by atoms with E-state index in [9.17, 15) is 14.4 Å². The number of amides is 3. The molecule has 0 aliphatic carbocycles. The fraction of sp³-hybridized carbons (Fsp3) is 0.125. The number of hydrogen-bond acceptors (Lipinski definition) is 5. The number of halogens is 1. The fourth-order valence-corrected chi connectivity index (χ4v) is 2.16. The van der Waals surface area contributed by atoms with Gasteiger partial charge in [0.1, 0.15) is 0 Å². The zero-order valence-electron chi connectivity index (χ0n) is 13.9. The maximum atomic E-state index is 11.7. The summed E-state index contributed by atoms with van der Waals surface area (Å²) in [5.41, 5.74) is 5.45. The number of carbonyl (C=O) groups excluding carboxylic acids is 3. The molecule has 0 unspecified atom stereocenters. The van der Waals surface area contributed by atoms with Gasteiger partial charge in [0.05, 0.1) is 19.4 Å². The van der Waals surface area contributed by atoms with Crippen LogP contribution in [-0.4, -0.2) is 35.9 Å². The van der Waals surface area contributed by atoms with E-state index in [0.29, 0.717) is 10.7 Å². The third kappa shape index (κ3) is 7.34. The van der Waals surface area contributed by atoms with Crippen LogP contribution in [0.5, 0.6) is 0 Å². The number of benzene rings is 1. The number of hydrogen-bond donors (Lipinski definition) is 5. The molecule has 0 spiro atoms. The Morgan fingerprint density at radius 2 is 1.78 bits per heavy atom. The Morgan fingerprint density at radius 3 is 2.48 bits per heavy atom. The molecule has 2 rings (SSSR count). The van der Waals surface area contributed by atoms with Crippen molar-refractivity contribution in [1.29, 1.82) is 0 Å². The highest BCUT2D eigenvalue weighted by Gasteiger charge is 2.11. The molecule has 0 aliphatic heterocycles. The van der Waals surface area contributed by atoms with E-state index in [1.54, 1.807) is 30.3 Å². The standard InChI is InChI=1S/C16H16ClN5O4S/c17-10-3-1-4-11(7-10)20-16(27)22-21-14(24)9-18-13(23)8-19-15(25)12-5-2-6-26-12/h1-7H,8-9H2,(H,18,23)(H,19,25)(H,21,24)(H2,20,22,27). The van der Waals surface area contributed by atoms with Gasteiger partial charge in [-0.25, -0.2) is 0 Å². The van der Waals surface area contributed by atoms with Gasteiger partial charge in [-0.3, -0.25) is 25.2 Å². The molecule has 0 aliphatic rings. The van der Waals surface area contributed by atoms with Crippen molar-refractivity contribution in [3.63, 3.8) is 0 Å². The number of nitrogens with one attached hydrogen (secondary N) is 5. The van der Waals surface area contributed by atoms with E-state index in [2.05, 4.69) is 26.8 Å². The summed E-state index contributed by atoms with van der Waals surface area (Å²) < 4.78 is 4.89. The molecule has 11 heteroatoms. The first-order valence-corrected chi connectivity index (χ1v) is 8.42. The number of hydrazine groups is 1. The summed E-state index contributed by atoms with van der Waals surface area (Å²) >= 11 is 10.9. The van der Waals surface area contributed by atoms with E-state index < -0.39 is 17.7 Å². The molecular formula is C16H16ClN5O4S. The first-order valence-electron chi connectivity index (χ1n) is 7.64. The van der Waals surface area contributed by atoms with Crippen LogP contribution in [-0.2, 0) is 9.59 Å². The summed E-state index contributed by atoms with van der Waals surface area (Å²) in [4.78, 5) is 34.9. The topological polar surface area (TPSA) is 124 Å². The van der Waals surface area contributed by atoms with Crippen LogP contribution in [0.25, 0.3) is 0 Å². The molecule has 0 saturated carbocycles. The summed E-state index contributed by atoms with van der Waals surface area (Å²) in [6.45, 7) is -0.600. The molecule has 0 radical (unpaired) electrons. The van der Waals surface area contributed by atoms with Gasteiger partial charge in [-0.05, 0) is 42.5 Å². The van der Waals surface area contributed by atoms with Crippen LogP contribution in [0.15, 0.2) is 47.1 Å². The van der Waals surface area contributed by atoms with E-state index >= 15 is 0 Å². The highest BCUT2D eigenvalue weighted by atomic mass is 35.5. The summed E-state index contributed by atoms with van der Waals surface area (Å²) in [5.74, 6) is -1.51. The Morgan fingerprint density at radius 1 is 1.00 bits per heavy atom. The van der Waals surface area contributed by atoms with Crippen molar-refractivity contribution in [2.24, 2.45) is 0 Å². The molecule has 1 aromatic carbocycles. The van der Waals surface area contributed by atoms with Gasteiger partial charge in [-0.1, -0.05) is 17.7 Å². The average Bonchev–Trinajstić information content (AvgIpc) is 3.17. The van der Waals surface area contributed by atoms with Gasteiger partial charge in [0.15, 0.2) is 10.9 Å². The molecule has 142 valence electrons. The summed E-state index contributed by atoms with van der Waals surface area (Å²) in [6.07, 6.45) is 1.35. The highest BCUT2D eigenvalue weighted by molar-refractivity contribution is 7.80. The average molecular weight is 410 g/mol. The predicted molar refractivity (Wildman–Crippen MR) is 103 cm³/mol. The smallest absolute Gasteiger partial charge is 0.287 e. The van der Waals surface area contributed by atoms with Gasteiger partial charge in [0.25, 0.3) is 11.8 Å². The Kier molecular flexibility index (Phi) is 7.59. The van der Waals surface area contributed by atoms with Gasteiger partial charge >= 0.3 is 0 Å².